The molecule has 1 aliphatic rings. The van der Waals surface area contributed by atoms with Gasteiger partial charge in [0.25, 0.3) is 0 Å². The molecule has 2 atom stereocenters. The van der Waals surface area contributed by atoms with E-state index in [2.05, 4.69) is 6.92 Å². The van der Waals surface area contributed by atoms with Gasteiger partial charge in [-0.1, -0.05) is 29.8 Å². The molecule has 0 bridgehead atoms. The molecule has 1 aliphatic heterocycles. The van der Waals surface area contributed by atoms with E-state index in [1.807, 2.05) is 29.2 Å². The van der Waals surface area contributed by atoms with Crippen LogP contribution in [0.1, 0.15) is 38.3 Å². The lowest BCUT2D eigenvalue weighted by Crippen LogP contribution is -2.33. The van der Waals surface area contributed by atoms with Crippen molar-refractivity contribution < 1.29 is 4.79 Å². The Morgan fingerprint density at radius 1 is 1.38 bits per heavy atom. The predicted molar refractivity (Wildman–Crippen MR) is 65.4 cm³/mol. The Balaban J connectivity index is 2.34. The summed E-state index contributed by atoms with van der Waals surface area (Å²) in [5.74, 6) is 0.134. The lowest BCUT2D eigenvalue weighted by atomic mass is 10.0. The molecule has 0 radical (unpaired) electrons. The molecule has 1 aromatic carbocycles. The van der Waals surface area contributed by atoms with Gasteiger partial charge in [0, 0.05) is 18.0 Å². The third-order valence-electron chi connectivity index (χ3n) is 3.30. The quantitative estimate of drug-likeness (QED) is 0.733. The monoisotopic (exact) mass is 237 g/mol. The van der Waals surface area contributed by atoms with Gasteiger partial charge in [-0.3, -0.25) is 4.79 Å². The molecule has 0 N–H and O–H groups in total. The number of halogens is 1. The van der Waals surface area contributed by atoms with Crippen molar-refractivity contribution in [3.05, 3.63) is 34.9 Å². The number of carbonyl (C=O) groups is 1. The normalized spacial score (nSPS) is 24.8. The summed E-state index contributed by atoms with van der Waals surface area (Å²) in [6.07, 6.45) is 2.06. The molecular formula is C13H16ClNO. The Bertz CT molecular complexity index is 405. The van der Waals surface area contributed by atoms with Crippen LogP contribution in [0.2, 0.25) is 5.02 Å². The van der Waals surface area contributed by atoms with Crippen LogP contribution in [0, 0.1) is 0 Å². The lowest BCUT2D eigenvalue weighted by molar-refractivity contribution is -0.131. The van der Waals surface area contributed by atoms with Crippen molar-refractivity contribution in [2.75, 3.05) is 0 Å². The smallest absolute Gasteiger partial charge is 0.220 e. The van der Waals surface area contributed by atoms with Gasteiger partial charge >= 0.3 is 0 Å². The number of hydrogen-bond donors (Lipinski definition) is 0. The first-order valence-corrected chi connectivity index (χ1v) is 6.02. The molecular weight excluding hydrogens is 222 g/mol. The van der Waals surface area contributed by atoms with Crippen LogP contribution < -0.4 is 0 Å². The molecule has 1 amide bonds. The van der Waals surface area contributed by atoms with E-state index in [1.54, 1.807) is 6.92 Å². The van der Waals surface area contributed by atoms with Gasteiger partial charge in [0.05, 0.1) is 6.04 Å². The zero-order chi connectivity index (χ0) is 11.7. The summed E-state index contributed by atoms with van der Waals surface area (Å²) in [6, 6.07) is 8.27. The first-order valence-electron chi connectivity index (χ1n) is 5.64. The van der Waals surface area contributed by atoms with E-state index in [0.717, 1.165) is 23.4 Å². The largest absolute Gasteiger partial charge is 0.333 e. The van der Waals surface area contributed by atoms with Crippen molar-refractivity contribution in [3.63, 3.8) is 0 Å². The van der Waals surface area contributed by atoms with E-state index in [4.69, 9.17) is 11.6 Å². The molecule has 1 aromatic rings. The molecule has 1 fully saturated rings. The van der Waals surface area contributed by atoms with Crippen LogP contribution in [0.4, 0.5) is 0 Å². The average Bonchev–Trinajstić information content (AvgIpc) is 2.61. The van der Waals surface area contributed by atoms with Crippen molar-refractivity contribution in [2.45, 2.75) is 38.8 Å². The van der Waals surface area contributed by atoms with E-state index in [1.165, 1.54) is 0 Å². The minimum Gasteiger partial charge on any atom is -0.333 e. The summed E-state index contributed by atoms with van der Waals surface area (Å²) in [5.41, 5.74) is 1.07. The second-order valence-electron chi connectivity index (χ2n) is 4.39. The third-order valence-corrected chi connectivity index (χ3v) is 3.64. The first kappa shape index (κ1) is 11.5. The van der Waals surface area contributed by atoms with Gasteiger partial charge in [-0.05, 0) is 31.4 Å². The molecule has 0 spiro atoms. The zero-order valence-electron chi connectivity index (χ0n) is 9.61. The molecule has 0 aliphatic carbocycles. The predicted octanol–water partition coefficient (Wildman–Crippen LogP) is 3.41. The van der Waals surface area contributed by atoms with Gasteiger partial charge in [0.2, 0.25) is 5.91 Å². The number of amides is 1. The van der Waals surface area contributed by atoms with Gasteiger partial charge in [-0.15, -0.1) is 0 Å². The number of carbonyl (C=O) groups excluding carboxylic acids is 1. The zero-order valence-corrected chi connectivity index (χ0v) is 10.4. The van der Waals surface area contributed by atoms with Crippen LogP contribution in [-0.4, -0.2) is 16.8 Å². The van der Waals surface area contributed by atoms with Gasteiger partial charge < -0.3 is 4.90 Å². The van der Waals surface area contributed by atoms with Crippen molar-refractivity contribution in [1.29, 1.82) is 0 Å². The summed E-state index contributed by atoms with van der Waals surface area (Å²) in [7, 11) is 0. The topological polar surface area (TPSA) is 20.3 Å². The Morgan fingerprint density at radius 2 is 2.06 bits per heavy atom. The molecule has 1 saturated heterocycles. The average molecular weight is 238 g/mol. The van der Waals surface area contributed by atoms with E-state index in [0.29, 0.717) is 6.04 Å². The summed E-state index contributed by atoms with van der Waals surface area (Å²) < 4.78 is 0. The number of nitrogens with zero attached hydrogens (tertiary/aromatic N) is 1. The molecule has 86 valence electrons. The fraction of sp³-hybridized carbons (Fsp3) is 0.462. The summed E-state index contributed by atoms with van der Waals surface area (Å²) in [5, 5.41) is 0.757. The Kier molecular flexibility index (Phi) is 3.20. The molecule has 3 heteroatoms. The van der Waals surface area contributed by atoms with E-state index in [9.17, 15) is 4.79 Å². The summed E-state index contributed by atoms with van der Waals surface area (Å²) >= 11 is 6.18. The maximum absolute atomic E-state index is 11.6. The second-order valence-corrected chi connectivity index (χ2v) is 4.80. The third kappa shape index (κ3) is 1.94. The van der Waals surface area contributed by atoms with Crippen molar-refractivity contribution in [3.8, 4) is 0 Å². The van der Waals surface area contributed by atoms with Crippen molar-refractivity contribution >= 4 is 17.5 Å². The molecule has 1 unspecified atom stereocenters. The van der Waals surface area contributed by atoms with Crippen LogP contribution in [-0.2, 0) is 4.79 Å². The number of benzene rings is 1. The van der Waals surface area contributed by atoms with Crippen LogP contribution in [0.25, 0.3) is 0 Å². The van der Waals surface area contributed by atoms with Crippen LogP contribution in [0.3, 0.4) is 0 Å². The highest BCUT2D eigenvalue weighted by molar-refractivity contribution is 6.31. The molecule has 1 heterocycles. The Labute approximate surface area is 101 Å². The fourth-order valence-electron chi connectivity index (χ4n) is 2.56. The molecule has 2 nitrogen and oxygen atoms in total. The SMILES string of the molecule is CC(=O)N1C(c2ccccc2Cl)CC[C@H]1C. The Morgan fingerprint density at radius 3 is 2.69 bits per heavy atom. The maximum atomic E-state index is 11.6. The van der Waals surface area contributed by atoms with Crippen LogP contribution in [0.5, 0.6) is 0 Å². The summed E-state index contributed by atoms with van der Waals surface area (Å²) in [4.78, 5) is 13.6. The molecule has 0 aromatic heterocycles. The first-order chi connectivity index (χ1) is 7.61. The highest BCUT2D eigenvalue weighted by Crippen LogP contribution is 2.38. The van der Waals surface area contributed by atoms with Gasteiger partial charge in [0.15, 0.2) is 0 Å². The van der Waals surface area contributed by atoms with Crippen LogP contribution in [0.15, 0.2) is 24.3 Å². The maximum Gasteiger partial charge on any atom is 0.220 e. The van der Waals surface area contributed by atoms with Gasteiger partial charge in [-0.25, -0.2) is 0 Å². The molecule has 16 heavy (non-hydrogen) atoms. The number of likely N-dealkylation sites (tertiary alicyclic amines) is 1. The second kappa shape index (κ2) is 4.46. The van der Waals surface area contributed by atoms with Crippen LogP contribution >= 0.6 is 11.6 Å². The Hall–Kier alpha value is -1.02. The van der Waals surface area contributed by atoms with Gasteiger partial charge in [-0.2, -0.15) is 0 Å². The molecule has 2 rings (SSSR count). The highest BCUT2D eigenvalue weighted by atomic mass is 35.5. The standard InChI is InChI=1S/C13H16ClNO/c1-9-7-8-13(15(9)10(2)16)11-5-3-4-6-12(11)14/h3-6,9,13H,7-8H2,1-2H3/t9-,13?/m1/s1. The minimum absolute atomic E-state index is 0.134. The number of rotatable bonds is 1. The lowest BCUT2D eigenvalue weighted by Gasteiger charge is -2.28. The fourth-order valence-corrected chi connectivity index (χ4v) is 2.83. The van der Waals surface area contributed by atoms with E-state index in [-0.39, 0.29) is 11.9 Å². The minimum atomic E-state index is 0.134. The number of hydrogen-bond acceptors (Lipinski definition) is 1. The van der Waals surface area contributed by atoms with E-state index < -0.39 is 0 Å². The molecule has 0 saturated carbocycles. The summed E-state index contributed by atoms with van der Waals surface area (Å²) in [6.45, 7) is 3.73. The van der Waals surface area contributed by atoms with E-state index >= 15 is 0 Å². The van der Waals surface area contributed by atoms with Crippen molar-refractivity contribution in [1.82, 2.24) is 4.90 Å². The highest BCUT2D eigenvalue weighted by Gasteiger charge is 2.34. The van der Waals surface area contributed by atoms with Crippen molar-refractivity contribution in [2.24, 2.45) is 0 Å². The van der Waals surface area contributed by atoms with Gasteiger partial charge in [0.1, 0.15) is 0 Å².